The zero-order valence-electron chi connectivity index (χ0n) is 14.3. The van der Waals surface area contributed by atoms with Gasteiger partial charge in [0.2, 0.25) is 10.0 Å². The number of hydrogen-bond acceptors (Lipinski definition) is 3. The third-order valence-corrected chi connectivity index (χ3v) is 6.54. The third-order valence-electron chi connectivity index (χ3n) is 4.70. The summed E-state index contributed by atoms with van der Waals surface area (Å²) in [6, 6.07) is 13.5. The fraction of sp³-hybridized carbons (Fsp3) is 0.368. The van der Waals surface area contributed by atoms with E-state index in [4.69, 9.17) is 4.74 Å². The van der Waals surface area contributed by atoms with Gasteiger partial charge in [0.1, 0.15) is 5.75 Å². The van der Waals surface area contributed by atoms with Gasteiger partial charge in [-0.3, -0.25) is 0 Å². The Labute approximate surface area is 144 Å². The standard InChI is InChI=1S/C19H23NO3S/c1-14-11-18(12-15(2)19(14)23-3)24(21,22)20-10-9-17(13-20)16-7-5-4-6-8-16/h4-8,11-12,17H,9-10,13H2,1-3H3. The van der Waals surface area contributed by atoms with Crippen molar-refractivity contribution in [2.45, 2.75) is 31.1 Å². The SMILES string of the molecule is COc1c(C)cc(S(=O)(=O)N2CCC(c3ccccc3)C2)cc1C. The first-order valence-electron chi connectivity index (χ1n) is 8.14. The Hall–Kier alpha value is -1.85. The highest BCUT2D eigenvalue weighted by molar-refractivity contribution is 7.89. The molecule has 0 bridgehead atoms. The van der Waals surface area contributed by atoms with E-state index in [0.717, 1.165) is 23.3 Å². The van der Waals surface area contributed by atoms with Crippen molar-refractivity contribution < 1.29 is 13.2 Å². The van der Waals surface area contributed by atoms with Crippen molar-refractivity contribution in [3.05, 3.63) is 59.2 Å². The molecule has 128 valence electrons. The molecule has 0 aliphatic carbocycles. The first-order chi connectivity index (χ1) is 11.4. The smallest absolute Gasteiger partial charge is 0.243 e. The lowest BCUT2D eigenvalue weighted by atomic mass is 9.99. The number of nitrogens with zero attached hydrogens (tertiary/aromatic N) is 1. The van der Waals surface area contributed by atoms with E-state index in [-0.39, 0.29) is 5.92 Å². The second kappa shape index (κ2) is 6.57. The molecule has 0 saturated carbocycles. The van der Waals surface area contributed by atoms with Gasteiger partial charge in [-0.25, -0.2) is 8.42 Å². The van der Waals surface area contributed by atoms with E-state index in [1.807, 2.05) is 32.0 Å². The Bertz CT molecular complexity index is 808. The predicted molar refractivity (Wildman–Crippen MR) is 95.0 cm³/mol. The minimum Gasteiger partial charge on any atom is -0.496 e. The molecule has 4 nitrogen and oxygen atoms in total. The van der Waals surface area contributed by atoms with Crippen LogP contribution in [0, 0.1) is 13.8 Å². The second-order valence-corrected chi connectivity index (χ2v) is 8.29. The van der Waals surface area contributed by atoms with Crippen molar-refractivity contribution in [2.75, 3.05) is 20.2 Å². The van der Waals surface area contributed by atoms with Gasteiger partial charge in [-0.15, -0.1) is 0 Å². The fourth-order valence-electron chi connectivity index (χ4n) is 3.47. The van der Waals surface area contributed by atoms with Gasteiger partial charge in [-0.05, 0) is 55.0 Å². The average molecular weight is 345 g/mol. The lowest BCUT2D eigenvalue weighted by Gasteiger charge is -2.19. The van der Waals surface area contributed by atoms with Crippen molar-refractivity contribution in [3.63, 3.8) is 0 Å². The first-order valence-corrected chi connectivity index (χ1v) is 9.58. The van der Waals surface area contributed by atoms with Gasteiger partial charge in [0, 0.05) is 13.1 Å². The summed E-state index contributed by atoms with van der Waals surface area (Å²) in [6.07, 6.45) is 0.858. The van der Waals surface area contributed by atoms with Crippen molar-refractivity contribution in [1.82, 2.24) is 4.31 Å². The molecule has 24 heavy (non-hydrogen) atoms. The molecule has 1 fully saturated rings. The normalized spacial score (nSPS) is 18.7. The molecule has 0 radical (unpaired) electrons. The molecule has 1 aliphatic heterocycles. The number of aryl methyl sites for hydroxylation is 2. The zero-order chi connectivity index (χ0) is 17.3. The second-order valence-electron chi connectivity index (χ2n) is 6.35. The number of rotatable bonds is 4. The summed E-state index contributed by atoms with van der Waals surface area (Å²) < 4.78 is 32.9. The number of benzene rings is 2. The predicted octanol–water partition coefficient (Wildman–Crippen LogP) is 3.49. The van der Waals surface area contributed by atoms with E-state index in [9.17, 15) is 8.42 Å². The van der Waals surface area contributed by atoms with Crippen LogP contribution in [0.4, 0.5) is 0 Å². The minimum absolute atomic E-state index is 0.265. The van der Waals surface area contributed by atoms with E-state index >= 15 is 0 Å². The fourth-order valence-corrected chi connectivity index (χ4v) is 5.15. The van der Waals surface area contributed by atoms with Crippen LogP contribution in [0.2, 0.25) is 0 Å². The van der Waals surface area contributed by atoms with E-state index in [1.54, 1.807) is 23.5 Å². The summed E-state index contributed by atoms with van der Waals surface area (Å²) >= 11 is 0. The van der Waals surface area contributed by atoms with Crippen LogP contribution >= 0.6 is 0 Å². The van der Waals surface area contributed by atoms with Crippen LogP contribution in [0.3, 0.4) is 0 Å². The van der Waals surface area contributed by atoms with E-state index in [1.165, 1.54) is 5.56 Å². The highest BCUT2D eigenvalue weighted by Crippen LogP contribution is 2.33. The monoisotopic (exact) mass is 345 g/mol. The number of methoxy groups -OCH3 is 1. The molecule has 0 amide bonds. The van der Waals surface area contributed by atoms with Crippen LogP contribution in [0.25, 0.3) is 0 Å². The van der Waals surface area contributed by atoms with Crippen LogP contribution in [0.1, 0.15) is 29.0 Å². The Balaban J connectivity index is 1.87. The molecule has 2 aromatic carbocycles. The molecule has 0 N–H and O–H groups in total. The highest BCUT2D eigenvalue weighted by Gasteiger charge is 2.33. The average Bonchev–Trinajstić information content (AvgIpc) is 3.06. The van der Waals surface area contributed by atoms with Gasteiger partial charge in [0.05, 0.1) is 12.0 Å². The van der Waals surface area contributed by atoms with Gasteiger partial charge in [0.15, 0.2) is 0 Å². The maximum absolute atomic E-state index is 13.0. The van der Waals surface area contributed by atoms with Crippen LogP contribution < -0.4 is 4.74 Å². The third kappa shape index (κ3) is 3.06. The van der Waals surface area contributed by atoms with Crippen LogP contribution in [-0.4, -0.2) is 32.9 Å². The molecule has 1 atom stereocenters. The van der Waals surface area contributed by atoms with Crippen LogP contribution in [0.5, 0.6) is 5.75 Å². The largest absolute Gasteiger partial charge is 0.496 e. The molecule has 5 heteroatoms. The van der Waals surface area contributed by atoms with E-state index in [2.05, 4.69) is 12.1 Å². The molecule has 1 heterocycles. The van der Waals surface area contributed by atoms with E-state index < -0.39 is 10.0 Å². The highest BCUT2D eigenvalue weighted by atomic mass is 32.2. The molecule has 1 aliphatic rings. The molecule has 1 unspecified atom stereocenters. The Kier molecular flexibility index (Phi) is 4.65. The number of hydrogen-bond donors (Lipinski definition) is 0. The summed E-state index contributed by atoms with van der Waals surface area (Å²) in [5.74, 6) is 1.01. The van der Waals surface area contributed by atoms with Gasteiger partial charge in [-0.1, -0.05) is 30.3 Å². The summed E-state index contributed by atoms with van der Waals surface area (Å²) in [6.45, 7) is 4.85. The quantitative estimate of drug-likeness (QED) is 0.852. The molecule has 2 aromatic rings. The molecular weight excluding hydrogens is 322 g/mol. The minimum atomic E-state index is -3.47. The zero-order valence-corrected chi connectivity index (χ0v) is 15.1. The summed E-state index contributed by atoms with van der Waals surface area (Å²) in [5.41, 5.74) is 2.89. The molecule has 1 saturated heterocycles. The molecule has 0 spiro atoms. The first kappa shape index (κ1) is 17.0. The van der Waals surface area contributed by atoms with Gasteiger partial charge >= 0.3 is 0 Å². The molecule has 0 aromatic heterocycles. The van der Waals surface area contributed by atoms with Crippen LogP contribution in [-0.2, 0) is 10.0 Å². The van der Waals surface area contributed by atoms with Gasteiger partial charge in [0.25, 0.3) is 0 Å². The maximum Gasteiger partial charge on any atom is 0.243 e. The van der Waals surface area contributed by atoms with E-state index in [0.29, 0.717) is 18.0 Å². The Morgan fingerprint density at radius 1 is 1.08 bits per heavy atom. The van der Waals surface area contributed by atoms with Crippen molar-refractivity contribution in [1.29, 1.82) is 0 Å². The number of sulfonamides is 1. The van der Waals surface area contributed by atoms with Crippen LogP contribution in [0.15, 0.2) is 47.4 Å². The summed E-state index contributed by atoms with van der Waals surface area (Å²) in [4.78, 5) is 0.354. The lowest BCUT2D eigenvalue weighted by molar-refractivity contribution is 0.408. The molecule has 3 rings (SSSR count). The summed E-state index contributed by atoms with van der Waals surface area (Å²) in [5, 5.41) is 0. The Morgan fingerprint density at radius 2 is 1.71 bits per heavy atom. The maximum atomic E-state index is 13.0. The van der Waals surface area contributed by atoms with Gasteiger partial charge in [-0.2, -0.15) is 4.31 Å². The lowest BCUT2D eigenvalue weighted by Crippen LogP contribution is -2.28. The van der Waals surface area contributed by atoms with Crippen molar-refractivity contribution in [2.24, 2.45) is 0 Å². The summed E-state index contributed by atoms with van der Waals surface area (Å²) in [7, 11) is -1.87. The topological polar surface area (TPSA) is 46.6 Å². The van der Waals surface area contributed by atoms with Crippen molar-refractivity contribution in [3.8, 4) is 5.75 Å². The molecular formula is C19H23NO3S. The number of ether oxygens (including phenoxy) is 1. The van der Waals surface area contributed by atoms with Gasteiger partial charge < -0.3 is 4.74 Å². The Morgan fingerprint density at radius 3 is 2.29 bits per heavy atom. The van der Waals surface area contributed by atoms with Crippen molar-refractivity contribution >= 4 is 10.0 Å².